The summed E-state index contributed by atoms with van der Waals surface area (Å²) in [6, 6.07) is 0. The molecule has 16 heavy (non-hydrogen) atoms. The average molecular weight is 212 g/mol. The van der Waals surface area contributed by atoms with Gasteiger partial charge < -0.3 is 0 Å². The van der Waals surface area contributed by atoms with Crippen LogP contribution in [-0.2, 0) is 0 Å². The Bertz CT molecular complexity index is 477. The quantitative estimate of drug-likeness (QED) is 0.590. The van der Waals surface area contributed by atoms with Crippen LogP contribution in [0.3, 0.4) is 0 Å². The molecular formula is C14H16N2. The molecule has 0 saturated heterocycles. The van der Waals surface area contributed by atoms with Gasteiger partial charge in [-0.15, -0.1) is 0 Å². The molecule has 4 aliphatic rings. The van der Waals surface area contributed by atoms with Gasteiger partial charge in [0.05, 0.1) is 6.54 Å². The van der Waals surface area contributed by atoms with Gasteiger partial charge in [-0.05, 0) is 42.4 Å². The second-order valence-corrected chi connectivity index (χ2v) is 5.25. The van der Waals surface area contributed by atoms with Crippen molar-refractivity contribution in [2.45, 2.75) is 32.1 Å². The van der Waals surface area contributed by atoms with Gasteiger partial charge in [0.15, 0.2) is 0 Å². The van der Waals surface area contributed by atoms with E-state index in [-0.39, 0.29) is 0 Å². The molecule has 0 aromatic heterocycles. The van der Waals surface area contributed by atoms with E-state index in [9.17, 15) is 0 Å². The molecule has 2 aliphatic heterocycles. The molecule has 82 valence electrons. The Balaban J connectivity index is 1.88. The predicted molar refractivity (Wildman–Crippen MR) is 66.3 cm³/mol. The molecule has 0 aromatic rings. The molecule has 2 nitrogen and oxygen atoms in total. The number of hydrogen-bond donors (Lipinski definition) is 0. The highest BCUT2D eigenvalue weighted by atomic mass is 14.8. The highest BCUT2D eigenvalue weighted by molar-refractivity contribution is 6.08. The summed E-state index contributed by atoms with van der Waals surface area (Å²) >= 11 is 0. The molecule has 1 unspecified atom stereocenters. The summed E-state index contributed by atoms with van der Waals surface area (Å²) in [6.07, 6.45) is 8.26. The third-order valence-corrected chi connectivity index (χ3v) is 4.38. The van der Waals surface area contributed by atoms with Gasteiger partial charge in [0.2, 0.25) is 0 Å². The van der Waals surface area contributed by atoms with Crippen molar-refractivity contribution in [3.63, 3.8) is 0 Å². The largest absolute Gasteiger partial charge is 0.297 e. The smallest absolute Gasteiger partial charge is 0.0612 e. The van der Waals surface area contributed by atoms with Gasteiger partial charge in [-0.3, -0.25) is 9.98 Å². The molecule has 0 radical (unpaired) electrons. The molecular weight excluding hydrogens is 196 g/mol. The van der Waals surface area contributed by atoms with Crippen LogP contribution in [0.2, 0.25) is 0 Å². The standard InChI is InChI=1S/C14H16N2/c1-2-12-11-4-5-15-7-9(11)6-10-8-16-13(3-1)14(10)12/h5,9H,1-4,6-8H2. The lowest BCUT2D eigenvalue weighted by atomic mass is 9.72. The van der Waals surface area contributed by atoms with Crippen molar-refractivity contribution in [3.8, 4) is 0 Å². The molecule has 1 atom stereocenters. The van der Waals surface area contributed by atoms with E-state index in [1.54, 1.807) is 22.3 Å². The fourth-order valence-electron chi connectivity index (χ4n) is 3.69. The summed E-state index contributed by atoms with van der Waals surface area (Å²) in [5, 5.41) is 0. The number of hydrogen-bond acceptors (Lipinski definition) is 2. The Labute approximate surface area is 95.9 Å². The van der Waals surface area contributed by atoms with Crippen LogP contribution in [0.15, 0.2) is 32.3 Å². The van der Waals surface area contributed by atoms with Crippen molar-refractivity contribution < 1.29 is 0 Å². The van der Waals surface area contributed by atoms with Crippen LogP contribution in [0, 0.1) is 5.92 Å². The predicted octanol–water partition coefficient (Wildman–Crippen LogP) is 2.71. The van der Waals surface area contributed by atoms with Crippen molar-refractivity contribution in [2.24, 2.45) is 15.9 Å². The Morgan fingerprint density at radius 2 is 2.25 bits per heavy atom. The van der Waals surface area contributed by atoms with Crippen molar-refractivity contribution >= 4 is 11.9 Å². The zero-order valence-electron chi connectivity index (χ0n) is 9.50. The van der Waals surface area contributed by atoms with Gasteiger partial charge in [0, 0.05) is 30.8 Å². The Hall–Kier alpha value is -1.18. The Kier molecular flexibility index (Phi) is 1.76. The van der Waals surface area contributed by atoms with Crippen LogP contribution in [0.4, 0.5) is 0 Å². The molecule has 1 fully saturated rings. The van der Waals surface area contributed by atoms with Gasteiger partial charge in [0.1, 0.15) is 0 Å². The molecule has 1 saturated carbocycles. The molecule has 0 bridgehead atoms. The summed E-state index contributed by atoms with van der Waals surface area (Å²) in [7, 11) is 0. The molecule has 2 heterocycles. The maximum Gasteiger partial charge on any atom is 0.0612 e. The van der Waals surface area contributed by atoms with Gasteiger partial charge in [-0.2, -0.15) is 0 Å². The van der Waals surface area contributed by atoms with E-state index >= 15 is 0 Å². The molecule has 0 amide bonds. The first kappa shape index (κ1) is 8.91. The van der Waals surface area contributed by atoms with E-state index < -0.39 is 0 Å². The lowest BCUT2D eigenvalue weighted by Gasteiger charge is -2.33. The monoisotopic (exact) mass is 212 g/mol. The van der Waals surface area contributed by atoms with E-state index in [2.05, 4.69) is 11.2 Å². The molecule has 0 N–H and O–H groups in total. The van der Waals surface area contributed by atoms with Crippen molar-refractivity contribution in [1.29, 1.82) is 0 Å². The maximum atomic E-state index is 4.73. The Morgan fingerprint density at radius 3 is 3.25 bits per heavy atom. The normalized spacial score (nSPS) is 31.5. The van der Waals surface area contributed by atoms with Crippen molar-refractivity contribution in [1.82, 2.24) is 0 Å². The number of allylic oxidation sites excluding steroid dienone is 2. The molecule has 2 aliphatic carbocycles. The van der Waals surface area contributed by atoms with Gasteiger partial charge >= 0.3 is 0 Å². The van der Waals surface area contributed by atoms with Crippen LogP contribution in [0.25, 0.3) is 0 Å². The van der Waals surface area contributed by atoms with Gasteiger partial charge in [-0.25, -0.2) is 0 Å². The molecule has 0 aromatic carbocycles. The minimum absolute atomic E-state index is 0.714. The van der Waals surface area contributed by atoms with E-state index in [0.717, 1.165) is 19.5 Å². The van der Waals surface area contributed by atoms with Crippen LogP contribution in [0.1, 0.15) is 32.1 Å². The van der Waals surface area contributed by atoms with E-state index in [1.165, 1.54) is 31.4 Å². The second kappa shape index (κ2) is 3.16. The van der Waals surface area contributed by atoms with E-state index in [4.69, 9.17) is 4.99 Å². The highest BCUT2D eigenvalue weighted by Crippen LogP contribution is 2.45. The zero-order valence-corrected chi connectivity index (χ0v) is 9.50. The number of fused-ring (bicyclic) bond motifs is 1. The van der Waals surface area contributed by atoms with Crippen molar-refractivity contribution in [3.05, 3.63) is 22.3 Å². The van der Waals surface area contributed by atoms with Crippen LogP contribution in [-0.4, -0.2) is 25.0 Å². The minimum Gasteiger partial charge on any atom is -0.297 e. The van der Waals surface area contributed by atoms with Crippen LogP contribution in [0.5, 0.6) is 0 Å². The lowest BCUT2D eigenvalue weighted by molar-refractivity contribution is 0.571. The van der Waals surface area contributed by atoms with Crippen molar-refractivity contribution in [2.75, 3.05) is 13.1 Å². The SMILES string of the molecule is C1=NCC2CC3=C4C(=NC3)CCCC4=C2C1. The summed E-state index contributed by atoms with van der Waals surface area (Å²) in [6.45, 7) is 2.01. The average Bonchev–Trinajstić information content (AvgIpc) is 2.75. The van der Waals surface area contributed by atoms with Crippen LogP contribution >= 0.6 is 0 Å². The van der Waals surface area contributed by atoms with Gasteiger partial charge in [-0.1, -0.05) is 5.57 Å². The fourth-order valence-corrected chi connectivity index (χ4v) is 3.69. The summed E-state index contributed by atoms with van der Waals surface area (Å²) in [5.41, 5.74) is 8.00. The number of nitrogens with zero attached hydrogens (tertiary/aromatic N) is 2. The zero-order chi connectivity index (χ0) is 10.5. The summed E-state index contributed by atoms with van der Waals surface area (Å²) < 4.78 is 0. The first-order chi connectivity index (χ1) is 7.93. The topological polar surface area (TPSA) is 24.7 Å². The van der Waals surface area contributed by atoms with Crippen LogP contribution < -0.4 is 0 Å². The minimum atomic E-state index is 0.714. The third-order valence-electron chi connectivity index (χ3n) is 4.38. The highest BCUT2D eigenvalue weighted by Gasteiger charge is 2.35. The summed E-state index contributed by atoms with van der Waals surface area (Å²) in [4.78, 5) is 9.19. The molecule has 4 rings (SSSR count). The maximum absolute atomic E-state index is 4.73. The van der Waals surface area contributed by atoms with E-state index in [0.29, 0.717) is 5.92 Å². The third kappa shape index (κ3) is 1.07. The first-order valence-electron chi connectivity index (χ1n) is 6.40. The van der Waals surface area contributed by atoms with Gasteiger partial charge in [0.25, 0.3) is 0 Å². The number of aliphatic imine (C=N–C) groups is 2. The first-order valence-corrected chi connectivity index (χ1v) is 6.40. The Morgan fingerprint density at radius 1 is 1.25 bits per heavy atom. The van der Waals surface area contributed by atoms with E-state index in [1.807, 2.05) is 0 Å². The molecule has 0 spiro atoms. The molecule has 2 heteroatoms. The second-order valence-electron chi connectivity index (χ2n) is 5.25. The lowest BCUT2D eigenvalue weighted by Crippen LogP contribution is -2.24. The number of rotatable bonds is 0. The fraction of sp³-hybridized carbons (Fsp3) is 0.571. The summed E-state index contributed by atoms with van der Waals surface area (Å²) in [5.74, 6) is 0.714.